The van der Waals surface area contributed by atoms with E-state index in [0.29, 0.717) is 19.7 Å². The first-order valence-corrected chi connectivity index (χ1v) is 7.09. The lowest BCUT2D eigenvalue weighted by atomic mass is 10.1. The summed E-state index contributed by atoms with van der Waals surface area (Å²) >= 11 is 0. The van der Waals surface area contributed by atoms with Gasteiger partial charge >= 0.3 is 0 Å². The number of methoxy groups -OCH3 is 1. The van der Waals surface area contributed by atoms with Crippen molar-refractivity contribution in [3.05, 3.63) is 35.4 Å². The Bertz CT molecular complexity index is 474. The predicted molar refractivity (Wildman–Crippen MR) is 81.8 cm³/mol. The van der Waals surface area contributed by atoms with Crippen molar-refractivity contribution in [3.8, 4) is 0 Å². The van der Waals surface area contributed by atoms with Crippen molar-refractivity contribution in [2.45, 2.75) is 26.8 Å². The summed E-state index contributed by atoms with van der Waals surface area (Å²) in [6.45, 7) is 5.18. The molecule has 0 unspecified atom stereocenters. The normalized spacial score (nSPS) is 10.2. The maximum absolute atomic E-state index is 11.8. The molecule has 0 aromatic heterocycles. The van der Waals surface area contributed by atoms with Crippen LogP contribution in [0.1, 0.15) is 24.5 Å². The molecule has 0 radical (unpaired) electrons. The first-order valence-electron chi connectivity index (χ1n) is 7.09. The van der Waals surface area contributed by atoms with Gasteiger partial charge in [-0.05, 0) is 18.9 Å². The first-order chi connectivity index (χ1) is 10.0. The maximum atomic E-state index is 11.8. The molecule has 0 aliphatic rings. The van der Waals surface area contributed by atoms with Crippen LogP contribution in [-0.4, -0.2) is 43.5 Å². The predicted octanol–water partition coefficient (Wildman–Crippen LogP) is 1.50. The fourth-order valence-corrected chi connectivity index (χ4v) is 1.98. The number of carbonyl (C=O) groups excluding carboxylic acids is 2. The second-order valence-corrected chi connectivity index (χ2v) is 5.06. The third kappa shape index (κ3) is 6.90. The van der Waals surface area contributed by atoms with E-state index < -0.39 is 0 Å². The summed E-state index contributed by atoms with van der Waals surface area (Å²) in [5.41, 5.74) is 2.16. The molecular formula is C16H24N2O3. The zero-order valence-electron chi connectivity index (χ0n) is 13.0. The molecule has 21 heavy (non-hydrogen) atoms. The molecule has 5 heteroatoms. The summed E-state index contributed by atoms with van der Waals surface area (Å²) < 4.78 is 4.92. The molecule has 0 aliphatic carbocycles. The van der Waals surface area contributed by atoms with Crippen LogP contribution in [0.5, 0.6) is 0 Å². The molecule has 1 aromatic carbocycles. The SMILES string of the molecule is COCCCNC(=O)CN(Cc1cccc(C)c1)C(C)=O. The van der Waals surface area contributed by atoms with Gasteiger partial charge in [0, 0.05) is 33.7 Å². The summed E-state index contributed by atoms with van der Waals surface area (Å²) in [6, 6.07) is 7.93. The lowest BCUT2D eigenvalue weighted by Crippen LogP contribution is -2.39. The zero-order chi connectivity index (χ0) is 15.7. The summed E-state index contributed by atoms with van der Waals surface area (Å²) in [6.07, 6.45) is 0.764. The highest BCUT2D eigenvalue weighted by Gasteiger charge is 2.13. The van der Waals surface area contributed by atoms with Crippen LogP contribution in [0.2, 0.25) is 0 Å². The second-order valence-electron chi connectivity index (χ2n) is 5.06. The smallest absolute Gasteiger partial charge is 0.239 e. The number of hydrogen-bond acceptors (Lipinski definition) is 3. The number of benzene rings is 1. The molecule has 0 saturated carbocycles. The maximum Gasteiger partial charge on any atom is 0.239 e. The van der Waals surface area contributed by atoms with Gasteiger partial charge in [-0.2, -0.15) is 0 Å². The van der Waals surface area contributed by atoms with Crippen molar-refractivity contribution >= 4 is 11.8 Å². The number of hydrogen-bond donors (Lipinski definition) is 1. The minimum absolute atomic E-state index is 0.0796. The molecule has 0 atom stereocenters. The molecule has 1 N–H and O–H groups in total. The Kier molecular flexibility index (Phi) is 7.46. The molecule has 0 bridgehead atoms. The highest BCUT2D eigenvalue weighted by molar-refractivity contribution is 5.83. The average Bonchev–Trinajstić information content (AvgIpc) is 2.43. The molecular weight excluding hydrogens is 268 g/mol. The zero-order valence-corrected chi connectivity index (χ0v) is 13.0. The Hall–Kier alpha value is -1.88. The Labute approximate surface area is 126 Å². The van der Waals surface area contributed by atoms with Crippen molar-refractivity contribution in [2.75, 3.05) is 26.8 Å². The van der Waals surface area contributed by atoms with Crippen LogP contribution in [0.4, 0.5) is 0 Å². The van der Waals surface area contributed by atoms with E-state index in [-0.39, 0.29) is 18.4 Å². The number of rotatable bonds is 8. The highest BCUT2D eigenvalue weighted by atomic mass is 16.5. The molecule has 1 aromatic rings. The van der Waals surface area contributed by atoms with Crippen molar-refractivity contribution in [2.24, 2.45) is 0 Å². The number of nitrogens with one attached hydrogen (secondary N) is 1. The number of nitrogens with zero attached hydrogens (tertiary/aromatic N) is 1. The third-order valence-electron chi connectivity index (χ3n) is 3.08. The molecule has 1 rings (SSSR count). The van der Waals surface area contributed by atoms with Crippen LogP contribution in [0.25, 0.3) is 0 Å². The average molecular weight is 292 g/mol. The quantitative estimate of drug-likeness (QED) is 0.739. The Morgan fingerprint density at radius 1 is 1.33 bits per heavy atom. The fourth-order valence-electron chi connectivity index (χ4n) is 1.98. The van der Waals surface area contributed by atoms with E-state index in [9.17, 15) is 9.59 Å². The van der Waals surface area contributed by atoms with E-state index >= 15 is 0 Å². The number of aryl methyl sites for hydroxylation is 1. The van der Waals surface area contributed by atoms with Gasteiger partial charge in [-0.1, -0.05) is 29.8 Å². The number of amides is 2. The first kappa shape index (κ1) is 17.2. The number of carbonyl (C=O) groups is 2. The van der Waals surface area contributed by atoms with E-state index in [1.54, 1.807) is 12.0 Å². The van der Waals surface area contributed by atoms with Gasteiger partial charge in [0.1, 0.15) is 0 Å². The Balaban J connectivity index is 2.50. The third-order valence-corrected chi connectivity index (χ3v) is 3.08. The van der Waals surface area contributed by atoms with Gasteiger partial charge in [-0.25, -0.2) is 0 Å². The van der Waals surface area contributed by atoms with E-state index in [2.05, 4.69) is 5.32 Å². The number of ether oxygens (including phenoxy) is 1. The van der Waals surface area contributed by atoms with E-state index in [0.717, 1.165) is 17.5 Å². The highest BCUT2D eigenvalue weighted by Crippen LogP contribution is 2.07. The van der Waals surface area contributed by atoms with Crippen molar-refractivity contribution in [1.82, 2.24) is 10.2 Å². The van der Waals surface area contributed by atoms with Gasteiger partial charge in [0.25, 0.3) is 0 Å². The summed E-state index contributed by atoms with van der Waals surface area (Å²) in [7, 11) is 1.63. The second kappa shape index (κ2) is 9.13. The van der Waals surface area contributed by atoms with Gasteiger partial charge in [-0.3, -0.25) is 9.59 Å². The molecule has 0 aliphatic heterocycles. The van der Waals surface area contributed by atoms with Crippen molar-refractivity contribution in [1.29, 1.82) is 0 Å². The van der Waals surface area contributed by atoms with Crippen LogP contribution in [-0.2, 0) is 20.9 Å². The molecule has 0 spiro atoms. The van der Waals surface area contributed by atoms with Crippen molar-refractivity contribution in [3.63, 3.8) is 0 Å². The van der Waals surface area contributed by atoms with Crippen molar-refractivity contribution < 1.29 is 14.3 Å². The van der Waals surface area contributed by atoms with E-state index in [4.69, 9.17) is 4.74 Å². The van der Waals surface area contributed by atoms with Gasteiger partial charge in [0.2, 0.25) is 11.8 Å². The molecule has 116 valence electrons. The van der Waals surface area contributed by atoms with Crippen LogP contribution in [0.3, 0.4) is 0 Å². The largest absolute Gasteiger partial charge is 0.385 e. The van der Waals surface area contributed by atoms with Crippen LogP contribution in [0, 0.1) is 6.92 Å². The Morgan fingerprint density at radius 2 is 2.10 bits per heavy atom. The van der Waals surface area contributed by atoms with Gasteiger partial charge in [0.15, 0.2) is 0 Å². The molecule has 0 fully saturated rings. The topological polar surface area (TPSA) is 58.6 Å². The molecule has 0 heterocycles. The molecule has 0 saturated heterocycles. The summed E-state index contributed by atoms with van der Waals surface area (Å²) in [4.78, 5) is 25.0. The minimum atomic E-state index is -0.144. The summed E-state index contributed by atoms with van der Waals surface area (Å²) in [5.74, 6) is -0.252. The van der Waals surface area contributed by atoms with Crippen LogP contribution >= 0.6 is 0 Å². The lowest BCUT2D eigenvalue weighted by molar-refractivity contribution is -0.134. The molecule has 5 nitrogen and oxygen atoms in total. The monoisotopic (exact) mass is 292 g/mol. The lowest BCUT2D eigenvalue weighted by Gasteiger charge is -2.21. The van der Waals surface area contributed by atoms with Gasteiger partial charge in [0.05, 0.1) is 6.54 Å². The molecule has 2 amide bonds. The van der Waals surface area contributed by atoms with Gasteiger partial charge in [-0.15, -0.1) is 0 Å². The fraction of sp³-hybridized carbons (Fsp3) is 0.500. The van der Waals surface area contributed by atoms with Gasteiger partial charge < -0.3 is 15.0 Å². The standard InChI is InChI=1S/C16H24N2O3/c1-13-6-4-7-15(10-13)11-18(14(2)19)12-16(20)17-8-5-9-21-3/h4,6-7,10H,5,8-9,11-12H2,1-3H3,(H,17,20). The van der Waals surface area contributed by atoms with E-state index in [1.165, 1.54) is 6.92 Å². The van der Waals surface area contributed by atoms with Crippen LogP contribution < -0.4 is 5.32 Å². The minimum Gasteiger partial charge on any atom is -0.385 e. The van der Waals surface area contributed by atoms with Crippen LogP contribution in [0.15, 0.2) is 24.3 Å². The summed E-state index contributed by atoms with van der Waals surface area (Å²) in [5, 5.41) is 2.79. The Morgan fingerprint density at radius 3 is 2.71 bits per heavy atom. The van der Waals surface area contributed by atoms with E-state index in [1.807, 2.05) is 31.2 Å².